The highest BCUT2D eigenvalue weighted by Gasteiger charge is 2.76. The summed E-state index contributed by atoms with van der Waals surface area (Å²) < 4.78 is 8.42. The summed E-state index contributed by atoms with van der Waals surface area (Å²) in [4.78, 5) is 2.52. The molecule has 5 heteroatoms. The van der Waals surface area contributed by atoms with Gasteiger partial charge in [0.15, 0.2) is 5.15 Å². The topological polar surface area (TPSA) is 29.0 Å². The van der Waals surface area contributed by atoms with E-state index < -0.39 is 0 Å². The minimum Gasteiger partial charge on any atom is -0.302 e. The van der Waals surface area contributed by atoms with Gasteiger partial charge in [-0.1, -0.05) is 11.6 Å². The molecule has 4 fully saturated rings. The van der Waals surface area contributed by atoms with E-state index in [1.807, 2.05) is 0 Å². The molecule has 1 saturated carbocycles. The number of aromatic nitrogens is 2. The molecule has 0 N–H and O–H groups in total. The van der Waals surface area contributed by atoms with E-state index in [2.05, 4.69) is 13.6 Å². The first-order valence-electron chi connectivity index (χ1n) is 4.53. The molecule has 13 heavy (non-hydrogen) atoms. The highest BCUT2D eigenvalue weighted by Crippen LogP contribution is 2.69. The van der Waals surface area contributed by atoms with E-state index in [0.29, 0.717) is 10.6 Å². The van der Waals surface area contributed by atoms with Gasteiger partial charge in [0.05, 0.1) is 11.7 Å². The van der Waals surface area contributed by atoms with Gasteiger partial charge >= 0.3 is 0 Å². The molecule has 0 amide bonds. The molecule has 3 unspecified atom stereocenters. The first-order chi connectivity index (χ1) is 6.32. The Balaban J connectivity index is 1.89. The molecule has 3 aliphatic heterocycles. The quantitative estimate of drug-likeness (QED) is 0.697. The lowest BCUT2D eigenvalue weighted by molar-refractivity contribution is 0.406. The van der Waals surface area contributed by atoms with Crippen molar-refractivity contribution in [1.82, 2.24) is 13.6 Å². The maximum Gasteiger partial charge on any atom is 0.166 e. The fraction of sp³-hybridized carbons (Fsp3) is 0.750. The second-order valence-corrected chi connectivity index (χ2v) is 5.24. The summed E-state index contributed by atoms with van der Waals surface area (Å²) >= 11 is 7.29. The lowest BCUT2D eigenvalue weighted by Crippen LogP contribution is -2.16. The van der Waals surface area contributed by atoms with Crippen LogP contribution in [0.1, 0.15) is 5.69 Å². The zero-order chi connectivity index (χ0) is 8.63. The van der Waals surface area contributed by atoms with E-state index in [1.54, 1.807) is 0 Å². The van der Waals surface area contributed by atoms with Gasteiger partial charge in [-0.25, -0.2) is 0 Å². The van der Waals surface area contributed by atoms with E-state index in [1.165, 1.54) is 31.4 Å². The van der Waals surface area contributed by atoms with Gasteiger partial charge in [0.1, 0.15) is 5.69 Å². The molecule has 3 saturated heterocycles. The fourth-order valence-corrected chi connectivity index (χ4v) is 4.33. The Kier molecular flexibility index (Phi) is 1.06. The zero-order valence-electron chi connectivity index (χ0n) is 6.90. The summed E-state index contributed by atoms with van der Waals surface area (Å²) in [6.45, 7) is 3.70. The average Bonchev–Trinajstić information content (AvgIpc) is 2.66. The first-order valence-corrected chi connectivity index (χ1v) is 5.64. The highest BCUT2D eigenvalue weighted by atomic mass is 35.5. The summed E-state index contributed by atoms with van der Waals surface area (Å²) in [5.74, 6) is 1.68. The van der Waals surface area contributed by atoms with Gasteiger partial charge in [-0.15, -0.1) is 0 Å². The third-order valence-electron chi connectivity index (χ3n) is 3.98. The smallest absolute Gasteiger partial charge is 0.166 e. The Morgan fingerprint density at radius 3 is 2.62 bits per heavy atom. The Bertz CT molecular complexity index is 378. The van der Waals surface area contributed by atoms with E-state index in [-0.39, 0.29) is 0 Å². The van der Waals surface area contributed by atoms with Crippen molar-refractivity contribution in [2.75, 3.05) is 19.6 Å². The normalized spacial score (nSPS) is 50.1. The molecule has 3 nitrogen and oxygen atoms in total. The van der Waals surface area contributed by atoms with E-state index in [9.17, 15) is 0 Å². The predicted molar refractivity (Wildman–Crippen MR) is 50.0 cm³/mol. The lowest BCUT2D eigenvalue weighted by Gasteiger charge is -2.06. The fourth-order valence-electron chi connectivity index (χ4n) is 3.43. The van der Waals surface area contributed by atoms with Crippen molar-refractivity contribution in [3.63, 3.8) is 0 Å². The molecule has 4 heterocycles. The molecule has 0 spiro atoms. The zero-order valence-corrected chi connectivity index (χ0v) is 8.48. The standard InChI is InChI=1S/C8H8ClN3S/c9-7-6(10-13-11-7)8-3-12-1-4(8)5(8)2-12/h4-5H,1-3H2/t4-,5?,8?/m1/s1. The van der Waals surface area contributed by atoms with Crippen molar-refractivity contribution in [3.8, 4) is 0 Å². The summed E-state index contributed by atoms with van der Waals surface area (Å²) in [7, 11) is 0. The number of nitrogens with zero attached hydrogens (tertiary/aromatic N) is 3. The van der Waals surface area contributed by atoms with Gasteiger partial charge in [0.25, 0.3) is 0 Å². The molecule has 5 rings (SSSR count). The molecule has 4 aliphatic rings. The van der Waals surface area contributed by atoms with Crippen LogP contribution in [0, 0.1) is 11.8 Å². The summed E-state index contributed by atoms with van der Waals surface area (Å²) in [6, 6.07) is 0. The molecule has 4 atom stereocenters. The molecule has 0 radical (unpaired) electrons. The first kappa shape index (κ1) is 7.15. The van der Waals surface area contributed by atoms with Crippen LogP contribution < -0.4 is 0 Å². The largest absolute Gasteiger partial charge is 0.302 e. The number of hydrogen-bond acceptors (Lipinski definition) is 4. The average molecular weight is 214 g/mol. The second-order valence-electron chi connectivity index (χ2n) is 4.35. The van der Waals surface area contributed by atoms with E-state index in [4.69, 9.17) is 11.6 Å². The van der Waals surface area contributed by atoms with Crippen LogP contribution in [0.4, 0.5) is 0 Å². The van der Waals surface area contributed by atoms with Crippen LogP contribution in [-0.4, -0.2) is 33.3 Å². The van der Waals surface area contributed by atoms with Gasteiger partial charge in [-0.3, -0.25) is 0 Å². The Morgan fingerprint density at radius 2 is 2.15 bits per heavy atom. The van der Waals surface area contributed by atoms with E-state index in [0.717, 1.165) is 17.5 Å². The summed E-state index contributed by atoms with van der Waals surface area (Å²) in [5.41, 5.74) is 1.43. The van der Waals surface area contributed by atoms with Crippen LogP contribution in [0.5, 0.6) is 0 Å². The third-order valence-corrected chi connectivity index (χ3v) is 4.88. The van der Waals surface area contributed by atoms with Crippen LogP contribution in [0.2, 0.25) is 5.15 Å². The van der Waals surface area contributed by atoms with Gasteiger partial charge in [0.2, 0.25) is 0 Å². The highest BCUT2D eigenvalue weighted by molar-refractivity contribution is 6.99. The maximum absolute atomic E-state index is 6.04. The van der Waals surface area contributed by atoms with Gasteiger partial charge in [0, 0.05) is 25.0 Å². The second kappa shape index (κ2) is 1.92. The van der Waals surface area contributed by atoms with Crippen molar-refractivity contribution in [2.45, 2.75) is 5.41 Å². The number of piperidine rings is 3. The van der Waals surface area contributed by atoms with Crippen molar-refractivity contribution in [3.05, 3.63) is 10.8 Å². The monoisotopic (exact) mass is 213 g/mol. The molecular formula is C8H8ClN3S. The SMILES string of the molecule is Clc1nsnc1C12CN3CC1[C@H]2C3. The maximum atomic E-state index is 6.04. The number of halogens is 1. The van der Waals surface area contributed by atoms with Crippen molar-refractivity contribution in [2.24, 2.45) is 11.8 Å². The summed E-state index contributed by atoms with van der Waals surface area (Å²) in [6.07, 6.45) is 0. The van der Waals surface area contributed by atoms with Crippen LogP contribution in [0.15, 0.2) is 0 Å². The number of rotatable bonds is 1. The van der Waals surface area contributed by atoms with Crippen LogP contribution in [0.25, 0.3) is 0 Å². The molecule has 1 aliphatic carbocycles. The van der Waals surface area contributed by atoms with Crippen molar-refractivity contribution >= 4 is 23.3 Å². The Hall–Kier alpha value is -0.190. The molecule has 1 aromatic rings. The van der Waals surface area contributed by atoms with E-state index >= 15 is 0 Å². The van der Waals surface area contributed by atoms with Gasteiger partial charge in [-0.05, 0) is 11.8 Å². The predicted octanol–water partition coefficient (Wildman–Crippen LogP) is 1.00. The van der Waals surface area contributed by atoms with Gasteiger partial charge < -0.3 is 4.90 Å². The third kappa shape index (κ3) is 0.620. The van der Waals surface area contributed by atoms with Crippen LogP contribution in [0.3, 0.4) is 0 Å². The molecule has 4 bridgehead atoms. The molecule has 68 valence electrons. The van der Waals surface area contributed by atoms with Crippen LogP contribution >= 0.6 is 23.3 Å². The molecular weight excluding hydrogens is 206 g/mol. The Morgan fingerprint density at radius 1 is 1.38 bits per heavy atom. The minimum absolute atomic E-state index is 0.337. The van der Waals surface area contributed by atoms with Crippen molar-refractivity contribution in [1.29, 1.82) is 0 Å². The Labute approximate surface area is 85.0 Å². The van der Waals surface area contributed by atoms with Crippen LogP contribution in [-0.2, 0) is 5.41 Å². The molecule has 0 aromatic carbocycles. The van der Waals surface area contributed by atoms with Gasteiger partial charge in [-0.2, -0.15) is 8.75 Å². The summed E-state index contributed by atoms with van der Waals surface area (Å²) in [5, 5.41) is 0.654. The van der Waals surface area contributed by atoms with Crippen molar-refractivity contribution < 1.29 is 0 Å². The minimum atomic E-state index is 0.337. The number of hydrogen-bond donors (Lipinski definition) is 0. The molecule has 1 aromatic heterocycles. The lowest BCUT2D eigenvalue weighted by atomic mass is 10.0.